The lowest BCUT2D eigenvalue weighted by Gasteiger charge is -2.28. The summed E-state index contributed by atoms with van der Waals surface area (Å²) in [5.74, 6) is 0.826. The van der Waals surface area contributed by atoms with E-state index >= 15 is 0 Å². The summed E-state index contributed by atoms with van der Waals surface area (Å²) in [5, 5.41) is 5.45. The van der Waals surface area contributed by atoms with Crippen molar-refractivity contribution < 1.29 is 4.74 Å². The SMILES string of the molecule is COc1ccc(CN2C(=S)N[C@@H](c3ccccn3)[C@H]2c2cc(C)n(-c3ccc(Cl)cc3Cl)c2C)cc1. The number of hydrogen-bond donors (Lipinski definition) is 1. The van der Waals surface area contributed by atoms with E-state index in [0.717, 1.165) is 39.6 Å². The smallest absolute Gasteiger partial charge is 0.170 e. The van der Waals surface area contributed by atoms with E-state index in [2.05, 4.69) is 51.8 Å². The lowest BCUT2D eigenvalue weighted by molar-refractivity contribution is 0.310. The molecule has 0 saturated carbocycles. The second-order valence-electron chi connectivity index (χ2n) is 8.86. The topological polar surface area (TPSA) is 42.3 Å². The van der Waals surface area contributed by atoms with Gasteiger partial charge in [0.1, 0.15) is 5.75 Å². The molecule has 3 heterocycles. The largest absolute Gasteiger partial charge is 0.497 e. The van der Waals surface area contributed by atoms with Gasteiger partial charge in [0.25, 0.3) is 0 Å². The van der Waals surface area contributed by atoms with E-state index in [1.807, 2.05) is 48.7 Å². The van der Waals surface area contributed by atoms with E-state index in [1.54, 1.807) is 13.2 Å². The van der Waals surface area contributed by atoms with Gasteiger partial charge in [-0.05, 0) is 85.7 Å². The lowest BCUT2D eigenvalue weighted by Crippen LogP contribution is -2.29. The minimum Gasteiger partial charge on any atom is -0.497 e. The molecule has 0 amide bonds. The fourth-order valence-corrected chi connectivity index (χ4v) is 5.76. The van der Waals surface area contributed by atoms with Gasteiger partial charge in [-0.3, -0.25) is 4.98 Å². The summed E-state index contributed by atoms with van der Waals surface area (Å²) < 4.78 is 7.51. The van der Waals surface area contributed by atoms with Crippen LogP contribution in [0.25, 0.3) is 5.69 Å². The Morgan fingerprint density at radius 1 is 1.03 bits per heavy atom. The quantitative estimate of drug-likeness (QED) is 0.269. The van der Waals surface area contributed by atoms with Crippen molar-refractivity contribution >= 4 is 40.5 Å². The number of hydrogen-bond acceptors (Lipinski definition) is 3. The Balaban J connectivity index is 1.61. The maximum absolute atomic E-state index is 6.62. The monoisotopic (exact) mass is 536 g/mol. The molecule has 1 N–H and O–H groups in total. The fourth-order valence-electron chi connectivity index (χ4n) is 4.96. The number of rotatable bonds is 6. The van der Waals surface area contributed by atoms with Gasteiger partial charge in [-0.15, -0.1) is 0 Å². The van der Waals surface area contributed by atoms with Crippen molar-refractivity contribution in [3.63, 3.8) is 0 Å². The molecule has 0 bridgehead atoms. The van der Waals surface area contributed by atoms with Crippen molar-refractivity contribution in [2.24, 2.45) is 0 Å². The molecule has 1 aliphatic rings. The van der Waals surface area contributed by atoms with Crippen LogP contribution in [-0.2, 0) is 6.54 Å². The molecule has 0 radical (unpaired) electrons. The highest BCUT2D eigenvalue weighted by Gasteiger charge is 2.41. The highest BCUT2D eigenvalue weighted by atomic mass is 35.5. The zero-order valence-electron chi connectivity index (χ0n) is 20.2. The standard InChI is InChI=1S/C28H26Cl2N4OS/c1-17-14-22(18(2)34(17)25-12-9-20(29)15-23(25)30)27-26(24-6-4-5-13-31-24)32-28(36)33(27)16-19-7-10-21(35-3)11-8-19/h4-15,26-27H,16H2,1-3H3,(H,32,36)/t26-,27+/m0/s1. The van der Waals surface area contributed by atoms with Gasteiger partial charge in [-0.1, -0.05) is 41.4 Å². The molecule has 1 aliphatic heterocycles. The predicted octanol–water partition coefficient (Wildman–Crippen LogP) is 6.98. The van der Waals surface area contributed by atoms with Crippen molar-refractivity contribution in [1.82, 2.24) is 19.8 Å². The number of thiocarbonyl (C=S) groups is 1. The van der Waals surface area contributed by atoms with Gasteiger partial charge in [-0.2, -0.15) is 0 Å². The third-order valence-corrected chi connectivity index (χ3v) is 7.54. The lowest BCUT2D eigenvalue weighted by atomic mass is 9.96. The van der Waals surface area contributed by atoms with Gasteiger partial charge in [0.15, 0.2) is 5.11 Å². The second kappa shape index (κ2) is 10.1. The van der Waals surface area contributed by atoms with Crippen molar-refractivity contribution in [3.8, 4) is 11.4 Å². The number of halogens is 2. The van der Waals surface area contributed by atoms with Gasteiger partial charge in [0.2, 0.25) is 0 Å². The Morgan fingerprint density at radius 3 is 2.47 bits per heavy atom. The molecule has 5 nitrogen and oxygen atoms in total. The van der Waals surface area contributed by atoms with Crippen LogP contribution in [-0.4, -0.2) is 26.7 Å². The van der Waals surface area contributed by atoms with Crippen LogP contribution in [0, 0.1) is 13.8 Å². The van der Waals surface area contributed by atoms with Crippen molar-refractivity contribution in [1.29, 1.82) is 0 Å². The average molecular weight is 538 g/mol. The maximum Gasteiger partial charge on any atom is 0.170 e. The van der Waals surface area contributed by atoms with E-state index in [9.17, 15) is 0 Å². The van der Waals surface area contributed by atoms with Crippen LogP contribution in [0.3, 0.4) is 0 Å². The molecule has 36 heavy (non-hydrogen) atoms. The molecule has 2 aromatic heterocycles. The Bertz CT molecular complexity index is 1410. The van der Waals surface area contributed by atoms with Gasteiger partial charge in [0.05, 0.1) is 35.6 Å². The predicted molar refractivity (Wildman–Crippen MR) is 149 cm³/mol. The summed E-state index contributed by atoms with van der Waals surface area (Å²) in [6, 6.07) is 21.7. The summed E-state index contributed by atoms with van der Waals surface area (Å²) in [6.45, 7) is 4.86. The normalized spacial score (nSPS) is 17.4. The van der Waals surface area contributed by atoms with Gasteiger partial charge >= 0.3 is 0 Å². The number of benzene rings is 2. The summed E-state index contributed by atoms with van der Waals surface area (Å²) >= 11 is 18.7. The second-order valence-corrected chi connectivity index (χ2v) is 10.1. The van der Waals surface area contributed by atoms with E-state index in [0.29, 0.717) is 21.7 Å². The molecule has 5 rings (SSSR count). The molecule has 2 aromatic carbocycles. The van der Waals surface area contributed by atoms with Crippen LogP contribution in [0.1, 0.15) is 40.3 Å². The van der Waals surface area contributed by atoms with Crippen LogP contribution >= 0.6 is 35.4 Å². The number of pyridine rings is 1. The van der Waals surface area contributed by atoms with Gasteiger partial charge < -0.3 is 19.5 Å². The summed E-state index contributed by atoms with van der Waals surface area (Å²) in [5.41, 5.74) is 6.31. The van der Waals surface area contributed by atoms with E-state index in [1.165, 1.54) is 0 Å². The van der Waals surface area contributed by atoms with E-state index in [-0.39, 0.29) is 12.1 Å². The summed E-state index contributed by atoms with van der Waals surface area (Å²) in [4.78, 5) is 6.91. The van der Waals surface area contributed by atoms with E-state index < -0.39 is 0 Å². The molecule has 8 heteroatoms. The fraction of sp³-hybridized carbons (Fsp3) is 0.214. The zero-order chi connectivity index (χ0) is 25.4. The Morgan fingerprint density at radius 2 is 1.81 bits per heavy atom. The molecule has 2 atom stereocenters. The Labute approximate surface area is 226 Å². The van der Waals surface area contributed by atoms with Crippen molar-refractivity contribution in [2.75, 3.05) is 7.11 Å². The zero-order valence-corrected chi connectivity index (χ0v) is 22.5. The Kier molecular flexibility index (Phi) is 6.93. The summed E-state index contributed by atoms with van der Waals surface area (Å²) in [6.07, 6.45) is 1.82. The van der Waals surface area contributed by atoms with Gasteiger partial charge in [0, 0.05) is 29.2 Å². The molecule has 4 aromatic rings. The van der Waals surface area contributed by atoms with Crippen molar-refractivity contribution in [3.05, 3.63) is 111 Å². The molecule has 1 saturated heterocycles. The highest BCUT2D eigenvalue weighted by molar-refractivity contribution is 7.80. The molecule has 0 unspecified atom stereocenters. The number of nitrogens with zero attached hydrogens (tertiary/aromatic N) is 3. The van der Waals surface area contributed by atoms with Crippen LogP contribution in [0.2, 0.25) is 10.0 Å². The summed E-state index contributed by atoms with van der Waals surface area (Å²) in [7, 11) is 1.67. The van der Waals surface area contributed by atoms with Crippen molar-refractivity contribution in [2.45, 2.75) is 32.5 Å². The number of nitrogens with one attached hydrogen (secondary N) is 1. The number of aryl methyl sites for hydroxylation is 1. The van der Waals surface area contributed by atoms with Crippen LogP contribution in [0.5, 0.6) is 5.75 Å². The van der Waals surface area contributed by atoms with Crippen LogP contribution in [0.4, 0.5) is 0 Å². The molecule has 0 aliphatic carbocycles. The van der Waals surface area contributed by atoms with Crippen LogP contribution in [0.15, 0.2) is 72.9 Å². The first-order valence-electron chi connectivity index (χ1n) is 11.6. The first kappa shape index (κ1) is 24.6. The minimum atomic E-state index is -0.105. The number of aromatic nitrogens is 2. The Hall–Kier alpha value is -3.06. The molecule has 184 valence electrons. The molecular weight excluding hydrogens is 511 g/mol. The molecule has 0 spiro atoms. The van der Waals surface area contributed by atoms with E-state index in [4.69, 9.17) is 40.2 Å². The number of methoxy groups -OCH3 is 1. The van der Waals surface area contributed by atoms with Gasteiger partial charge in [-0.25, -0.2) is 0 Å². The first-order valence-corrected chi connectivity index (χ1v) is 12.8. The minimum absolute atomic E-state index is 0.0690. The maximum atomic E-state index is 6.62. The van der Waals surface area contributed by atoms with Crippen LogP contribution < -0.4 is 10.1 Å². The average Bonchev–Trinajstić information content (AvgIpc) is 3.35. The first-order chi connectivity index (χ1) is 17.4. The highest BCUT2D eigenvalue weighted by Crippen LogP contribution is 2.42. The third kappa shape index (κ3) is 4.57. The molecule has 1 fully saturated rings. The third-order valence-electron chi connectivity index (χ3n) is 6.65. The molecular formula is C28H26Cl2N4OS. The number of ether oxygens (including phenoxy) is 1.